The Balaban J connectivity index is 2.10. The minimum atomic E-state index is -0.0346. The topological polar surface area (TPSA) is 64.1 Å². The van der Waals surface area contributed by atoms with Crippen LogP contribution in [0.15, 0.2) is 36.7 Å². The number of hydrogen-bond donors (Lipinski definition) is 1. The number of benzene rings is 1. The predicted molar refractivity (Wildman–Crippen MR) is 71.5 cm³/mol. The Morgan fingerprint density at radius 1 is 1.16 bits per heavy atom. The van der Waals surface area contributed by atoms with E-state index in [4.69, 9.17) is 4.74 Å². The number of ether oxygens (including phenoxy) is 1. The van der Waals surface area contributed by atoms with Crippen molar-refractivity contribution >= 4 is 5.91 Å². The van der Waals surface area contributed by atoms with E-state index in [1.807, 2.05) is 24.3 Å². The fraction of sp³-hybridized carbons (Fsp3) is 0.214. The van der Waals surface area contributed by atoms with E-state index >= 15 is 0 Å². The molecule has 2 rings (SSSR count). The molecule has 1 aromatic carbocycles. The first kappa shape index (κ1) is 13.0. The number of nitrogens with one attached hydrogen (secondary N) is 1. The average molecular weight is 257 g/mol. The van der Waals surface area contributed by atoms with Crippen LogP contribution in [0.3, 0.4) is 0 Å². The Bertz CT molecular complexity index is 550. The summed E-state index contributed by atoms with van der Waals surface area (Å²) in [5, 5.41) is 2.76. The van der Waals surface area contributed by atoms with Crippen LogP contribution in [0, 0.1) is 0 Å². The lowest BCUT2D eigenvalue weighted by Gasteiger charge is -2.05. The summed E-state index contributed by atoms with van der Waals surface area (Å²) in [6.45, 7) is 2.04. The van der Waals surface area contributed by atoms with Crippen molar-refractivity contribution in [1.82, 2.24) is 15.3 Å². The van der Waals surface area contributed by atoms with Crippen molar-refractivity contribution in [3.8, 4) is 17.1 Å². The van der Waals surface area contributed by atoms with Gasteiger partial charge in [0.15, 0.2) is 0 Å². The second kappa shape index (κ2) is 5.95. The van der Waals surface area contributed by atoms with Crippen molar-refractivity contribution < 1.29 is 9.53 Å². The van der Waals surface area contributed by atoms with E-state index in [0.29, 0.717) is 12.6 Å². The number of methoxy groups -OCH3 is 1. The van der Waals surface area contributed by atoms with Crippen molar-refractivity contribution in [1.29, 1.82) is 0 Å². The lowest BCUT2D eigenvalue weighted by Crippen LogP contribution is -2.18. The minimum absolute atomic E-state index is 0.0346. The zero-order valence-electron chi connectivity index (χ0n) is 10.9. The molecule has 0 fully saturated rings. The molecular formula is C14H15N3O2. The molecule has 0 saturated carbocycles. The summed E-state index contributed by atoms with van der Waals surface area (Å²) in [7, 11) is 1.53. The van der Waals surface area contributed by atoms with E-state index in [1.165, 1.54) is 14.0 Å². The molecule has 19 heavy (non-hydrogen) atoms. The quantitative estimate of drug-likeness (QED) is 0.907. The van der Waals surface area contributed by atoms with Crippen molar-refractivity contribution in [3.63, 3.8) is 0 Å². The summed E-state index contributed by atoms with van der Waals surface area (Å²) in [5.74, 6) is -0.0346. The Morgan fingerprint density at radius 3 is 2.32 bits per heavy atom. The maximum absolute atomic E-state index is 10.8. The van der Waals surface area contributed by atoms with Crippen molar-refractivity contribution in [3.05, 3.63) is 42.2 Å². The van der Waals surface area contributed by atoms with Gasteiger partial charge in [-0.2, -0.15) is 0 Å². The fourth-order valence-corrected chi connectivity index (χ4v) is 1.61. The zero-order chi connectivity index (χ0) is 13.7. The number of nitrogens with zero attached hydrogens (tertiary/aromatic N) is 2. The van der Waals surface area contributed by atoms with Gasteiger partial charge in [-0.25, -0.2) is 9.97 Å². The highest BCUT2D eigenvalue weighted by atomic mass is 16.5. The maximum Gasteiger partial charge on any atom is 0.316 e. The van der Waals surface area contributed by atoms with Crippen molar-refractivity contribution in [2.45, 2.75) is 13.5 Å². The average Bonchev–Trinajstić information content (AvgIpc) is 2.46. The maximum atomic E-state index is 10.8. The normalized spacial score (nSPS) is 10.0. The van der Waals surface area contributed by atoms with Crippen LogP contribution in [-0.4, -0.2) is 23.0 Å². The van der Waals surface area contributed by atoms with Gasteiger partial charge in [0, 0.05) is 31.4 Å². The molecule has 1 heterocycles. The van der Waals surface area contributed by atoms with Gasteiger partial charge >= 0.3 is 6.01 Å². The lowest BCUT2D eigenvalue weighted by atomic mass is 10.1. The number of hydrogen-bond acceptors (Lipinski definition) is 4. The Hall–Kier alpha value is -2.43. The summed E-state index contributed by atoms with van der Waals surface area (Å²) in [6.07, 6.45) is 3.43. The molecule has 0 aliphatic heterocycles. The first-order chi connectivity index (χ1) is 9.19. The van der Waals surface area contributed by atoms with Crippen LogP contribution in [0.5, 0.6) is 6.01 Å². The molecule has 98 valence electrons. The first-order valence-corrected chi connectivity index (χ1v) is 5.89. The standard InChI is InChI=1S/C14H15N3O2/c1-10(18)15-7-11-3-5-12(6-4-11)13-8-16-14(19-2)17-9-13/h3-6,8-9H,7H2,1-2H3,(H,15,18). The smallest absolute Gasteiger partial charge is 0.316 e. The molecule has 5 heteroatoms. The highest BCUT2D eigenvalue weighted by molar-refractivity contribution is 5.72. The lowest BCUT2D eigenvalue weighted by molar-refractivity contribution is -0.119. The Kier molecular flexibility index (Phi) is 4.07. The summed E-state index contributed by atoms with van der Waals surface area (Å²) in [5.41, 5.74) is 2.99. The molecule has 2 aromatic rings. The monoisotopic (exact) mass is 257 g/mol. The van der Waals surface area contributed by atoms with Crippen LogP contribution in [0.1, 0.15) is 12.5 Å². The molecule has 0 aliphatic carbocycles. The molecule has 0 radical (unpaired) electrons. The van der Waals surface area contributed by atoms with Crippen LogP contribution in [-0.2, 0) is 11.3 Å². The van der Waals surface area contributed by atoms with E-state index in [0.717, 1.165) is 16.7 Å². The van der Waals surface area contributed by atoms with Gasteiger partial charge in [0.25, 0.3) is 0 Å². The molecule has 5 nitrogen and oxygen atoms in total. The third-order valence-electron chi connectivity index (χ3n) is 2.64. The summed E-state index contributed by atoms with van der Waals surface area (Å²) < 4.78 is 4.92. The second-order valence-electron chi connectivity index (χ2n) is 4.07. The van der Waals surface area contributed by atoms with Gasteiger partial charge in [0.2, 0.25) is 5.91 Å². The third-order valence-corrected chi connectivity index (χ3v) is 2.64. The minimum Gasteiger partial charge on any atom is -0.467 e. The van der Waals surface area contributed by atoms with Gasteiger partial charge in [-0.3, -0.25) is 4.79 Å². The highest BCUT2D eigenvalue weighted by Crippen LogP contribution is 2.19. The van der Waals surface area contributed by atoms with Gasteiger partial charge in [-0.05, 0) is 11.1 Å². The van der Waals surface area contributed by atoms with Gasteiger partial charge in [-0.15, -0.1) is 0 Å². The number of carbonyl (C=O) groups is 1. The number of rotatable bonds is 4. The Morgan fingerprint density at radius 2 is 1.79 bits per heavy atom. The number of amides is 1. The first-order valence-electron chi connectivity index (χ1n) is 5.89. The van der Waals surface area contributed by atoms with Gasteiger partial charge < -0.3 is 10.1 Å². The molecule has 0 atom stereocenters. The van der Waals surface area contributed by atoms with Crippen LogP contribution in [0.25, 0.3) is 11.1 Å². The summed E-state index contributed by atoms with van der Waals surface area (Å²) >= 11 is 0. The molecule has 0 bridgehead atoms. The van der Waals surface area contributed by atoms with Crippen LogP contribution < -0.4 is 10.1 Å². The second-order valence-corrected chi connectivity index (χ2v) is 4.07. The summed E-state index contributed by atoms with van der Waals surface area (Å²) in [4.78, 5) is 19.0. The SMILES string of the molecule is COc1ncc(-c2ccc(CNC(C)=O)cc2)cn1. The molecular weight excluding hydrogens is 242 g/mol. The largest absolute Gasteiger partial charge is 0.467 e. The number of carbonyl (C=O) groups excluding carboxylic acids is 1. The van der Waals surface area contributed by atoms with E-state index < -0.39 is 0 Å². The molecule has 0 saturated heterocycles. The molecule has 0 aliphatic rings. The predicted octanol–water partition coefficient (Wildman–Crippen LogP) is 1.79. The fourth-order valence-electron chi connectivity index (χ4n) is 1.61. The van der Waals surface area contributed by atoms with E-state index in [2.05, 4.69) is 15.3 Å². The summed E-state index contributed by atoms with van der Waals surface area (Å²) in [6, 6.07) is 8.24. The molecule has 0 unspecified atom stereocenters. The van der Waals surface area contributed by atoms with E-state index in [9.17, 15) is 4.79 Å². The van der Waals surface area contributed by atoms with E-state index in [1.54, 1.807) is 12.4 Å². The van der Waals surface area contributed by atoms with Crippen LogP contribution in [0.4, 0.5) is 0 Å². The Labute approximate surface area is 111 Å². The van der Waals surface area contributed by atoms with Crippen molar-refractivity contribution in [2.24, 2.45) is 0 Å². The molecule has 1 aromatic heterocycles. The van der Waals surface area contributed by atoms with Crippen LogP contribution >= 0.6 is 0 Å². The van der Waals surface area contributed by atoms with Gasteiger partial charge in [0.05, 0.1) is 7.11 Å². The molecule has 0 spiro atoms. The van der Waals surface area contributed by atoms with E-state index in [-0.39, 0.29) is 5.91 Å². The third kappa shape index (κ3) is 3.51. The zero-order valence-corrected chi connectivity index (χ0v) is 10.9. The van der Waals surface area contributed by atoms with Crippen molar-refractivity contribution in [2.75, 3.05) is 7.11 Å². The van der Waals surface area contributed by atoms with Crippen LogP contribution in [0.2, 0.25) is 0 Å². The number of aromatic nitrogens is 2. The van der Waals surface area contributed by atoms with Gasteiger partial charge in [-0.1, -0.05) is 24.3 Å². The molecule has 1 amide bonds. The molecule has 1 N–H and O–H groups in total. The van der Waals surface area contributed by atoms with Gasteiger partial charge in [0.1, 0.15) is 0 Å². The highest BCUT2D eigenvalue weighted by Gasteiger charge is 2.01.